The lowest BCUT2D eigenvalue weighted by Crippen LogP contribution is -2.34. The van der Waals surface area contributed by atoms with Crippen molar-refractivity contribution in [3.63, 3.8) is 0 Å². The maximum absolute atomic E-state index is 14.3. The van der Waals surface area contributed by atoms with Crippen LogP contribution in [0.1, 0.15) is 58.2 Å². The van der Waals surface area contributed by atoms with Crippen LogP contribution in [0.4, 0.5) is 4.39 Å². The third-order valence-electron chi connectivity index (χ3n) is 8.10. The van der Waals surface area contributed by atoms with Gasteiger partial charge in [-0.3, -0.25) is 4.90 Å². The SMILES string of the molecule is COC(=O)c1ccc2nc(CN3CCC(c4cccc(OCc5ccc(C#N)cc5F)n4)CC3)n(CC3CCS3)c2c1. The van der Waals surface area contributed by atoms with Crippen molar-refractivity contribution in [3.05, 3.63) is 88.6 Å². The number of benzene rings is 2. The van der Waals surface area contributed by atoms with Gasteiger partial charge in [0.1, 0.15) is 18.2 Å². The number of piperidine rings is 1. The van der Waals surface area contributed by atoms with Crippen molar-refractivity contribution in [3.8, 4) is 11.9 Å². The van der Waals surface area contributed by atoms with Gasteiger partial charge in [-0.05, 0) is 74.5 Å². The van der Waals surface area contributed by atoms with Gasteiger partial charge in [0, 0.05) is 35.0 Å². The first kappa shape index (κ1) is 28.2. The van der Waals surface area contributed by atoms with Gasteiger partial charge in [0.15, 0.2) is 0 Å². The number of aromatic nitrogens is 3. The summed E-state index contributed by atoms with van der Waals surface area (Å²) in [6.45, 7) is 3.53. The number of fused-ring (bicyclic) bond motifs is 1. The molecular weight excluding hydrogens is 553 g/mol. The van der Waals surface area contributed by atoms with Crippen molar-refractivity contribution in [2.75, 3.05) is 26.0 Å². The average Bonchev–Trinajstić information content (AvgIpc) is 3.34. The molecule has 10 heteroatoms. The van der Waals surface area contributed by atoms with Crippen LogP contribution >= 0.6 is 11.8 Å². The summed E-state index contributed by atoms with van der Waals surface area (Å²) in [5.74, 6) is 2.20. The van der Waals surface area contributed by atoms with Crippen LogP contribution in [0.25, 0.3) is 11.0 Å². The minimum absolute atomic E-state index is 0.0495. The molecule has 42 heavy (non-hydrogen) atoms. The number of imidazole rings is 1. The highest BCUT2D eigenvalue weighted by Crippen LogP contribution is 2.33. The Morgan fingerprint density at radius 1 is 1.12 bits per heavy atom. The Balaban J connectivity index is 1.10. The highest BCUT2D eigenvalue weighted by Gasteiger charge is 2.26. The van der Waals surface area contributed by atoms with E-state index in [1.165, 1.54) is 25.3 Å². The number of nitriles is 1. The second-order valence-corrected chi connectivity index (χ2v) is 12.2. The molecule has 0 radical (unpaired) electrons. The predicted octanol–water partition coefficient (Wildman–Crippen LogP) is 5.69. The average molecular weight is 586 g/mol. The molecular formula is C32H32FN5O3S. The normalized spacial score (nSPS) is 17.5. The molecule has 4 aromatic rings. The monoisotopic (exact) mass is 585 g/mol. The van der Waals surface area contributed by atoms with Crippen LogP contribution in [0.15, 0.2) is 54.6 Å². The topological polar surface area (TPSA) is 93.3 Å². The van der Waals surface area contributed by atoms with E-state index in [2.05, 4.69) is 9.47 Å². The smallest absolute Gasteiger partial charge is 0.337 e. The van der Waals surface area contributed by atoms with Crippen molar-refractivity contribution in [2.45, 2.75) is 50.1 Å². The predicted molar refractivity (Wildman–Crippen MR) is 159 cm³/mol. The number of halogens is 1. The van der Waals surface area contributed by atoms with E-state index in [4.69, 9.17) is 24.7 Å². The van der Waals surface area contributed by atoms with Crippen molar-refractivity contribution in [1.29, 1.82) is 5.26 Å². The zero-order chi connectivity index (χ0) is 29.1. The van der Waals surface area contributed by atoms with Crippen LogP contribution in [0.5, 0.6) is 5.88 Å². The third kappa shape index (κ3) is 6.13. The Morgan fingerprint density at radius 3 is 2.67 bits per heavy atom. The molecule has 2 fully saturated rings. The zero-order valence-corrected chi connectivity index (χ0v) is 24.3. The molecule has 0 aliphatic carbocycles. The summed E-state index contributed by atoms with van der Waals surface area (Å²) in [6, 6.07) is 17.7. The summed E-state index contributed by atoms with van der Waals surface area (Å²) in [7, 11) is 1.40. The number of carbonyl (C=O) groups is 1. The molecule has 0 spiro atoms. The fourth-order valence-corrected chi connectivity index (χ4v) is 6.41. The molecule has 4 heterocycles. The standard InChI is InChI=1S/C32H32FN5O3S/c1-40-32(39)23-7-8-28-29(16-23)38(18-25-11-14-42-25)30(35-28)19-37-12-9-22(10-13-37)27-3-2-4-31(36-27)41-20-24-6-5-21(17-34)15-26(24)33/h2-8,15-16,22,25H,9-14,18-20H2,1H3. The van der Waals surface area contributed by atoms with Crippen molar-refractivity contribution < 1.29 is 18.7 Å². The minimum atomic E-state index is -0.457. The Kier molecular flexibility index (Phi) is 8.40. The van der Waals surface area contributed by atoms with Gasteiger partial charge >= 0.3 is 5.97 Å². The summed E-state index contributed by atoms with van der Waals surface area (Å²) < 4.78 is 27.3. The number of pyridine rings is 1. The Hall–Kier alpha value is -3.94. The number of methoxy groups -OCH3 is 1. The van der Waals surface area contributed by atoms with Crippen LogP contribution in [0.2, 0.25) is 0 Å². The Labute approximate surface area is 248 Å². The molecule has 1 unspecified atom stereocenters. The van der Waals surface area contributed by atoms with Crippen molar-refractivity contribution in [2.24, 2.45) is 0 Å². The number of rotatable bonds is 9. The summed E-state index contributed by atoms with van der Waals surface area (Å²) in [5, 5.41) is 9.52. The maximum Gasteiger partial charge on any atom is 0.337 e. The van der Waals surface area contributed by atoms with Gasteiger partial charge < -0.3 is 14.0 Å². The number of hydrogen-bond donors (Lipinski definition) is 0. The number of ether oxygens (including phenoxy) is 2. The second-order valence-electron chi connectivity index (χ2n) is 10.8. The molecule has 2 aliphatic heterocycles. The van der Waals surface area contributed by atoms with Gasteiger partial charge in [-0.1, -0.05) is 12.1 Å². The summed E-state index contributed by atoms with van der Waals surface area (Å²) in [5.41, 5.74) is 4.08. The van der Waals surface area contributed by atoms with Crippen LogP contribution in [0, 0.1) is 17.1 Å². The fourth-order valence-electron chi connectivity index (χ4n) is 5.59. The molecule has 0 saturated carbocycles. The highest BCUT2D eigenvalue weighted by molar-refractivity contribution is 8.01. The molecule has 8 nitrogen and oxygen atoms in total. The van der Waals surface area contributed by atoms with E-state index in [0.717, 1.165) is 61.6 Å². The van der Waals surface area contributed by atoms with Crippen molar-refractivity contribution in [1.82, 2.24) is 19.4 Å². The molecule has 216 valence electrons. The highest BCUT2D eigenvalue weighted by atomic mass is 32.2. The van der Waals surface area contributed by atoms with Crippen LogP contribution in [0.3, 0.4) is 0 Å². The summed E-state index contributed by atoms with van der Waals surface area (Å²) in [4.78, 5) is 24.3. The lowest BCUT2D eigenvalue weighted by molar-refractivity contribution is 0.0601. The maximum atomic E-state index is 14.3. The van der Waals surface area contributed by atoms with Gasteiger partial charge in [0.05, 0.1) is 41.9 Å². The van der Waals surface area contributed by atoms with E-state index in [1.807, 2.05) is 42.1 Å². The van der Waals surface area contributed by atoms with Crippen LogP contribution in [-0.4, -0.2) is 56.6 Å². The van der Waals surface area contributed by atoms with E-state index in [0.29, 0.717) is 28.2 Å². The van der Waals surface area contributed by atoms with Gasteiger partial charge in [-0.2, -0.15) is 17.0 Å². The number of esters is 1. The quantitative estimate of drug-likeness (QED) is 0.231. The first-order valence-corrected chi connectivity index (χ1v) is 15.3. The number of carbonyl (C=O) groups excluding carboxylic acids is 1. The van der Waals surface area contributed by atoms with E-state index in [1.54, 1.807) is 24.3 Å². The summed E-state index contributed by atoms with van der Waals surface area (Å²) >= 11 is 1.98. The lowest BCUT2D eigenvalue weighted by Gasteiger charge is -2.32. The first-order chi connectivity index (χ1) is 20.5. The molecule has 2 aromatic heterocycles. The number of thioether (sulfide) groups is 1. The van der Waals surface area contributed by atoms with E-state index in [-0.39, 0.29) is 18.1 Å². The third-order valence-corrected chi connectivity index (χ3v) is 9.43. The van der Waals surface area contributed by atoms with E-state index < -0.39 is 5.82 Å². The van der Waals surface area contributed by atoms with Crippen LogP contribution in [-0.2, 0) is 24.4 Å². The first-order valence-electron chi connectivity index (χ1n) is 14.2. The minimum Gasteiger partial charge on any atom is -0.473 e. The largest absolute Gasteiger partial charge is 0.473 e. The molecule has 0 N–H and O–H groups in total. The molecule has 0 bridgehead atoms. The fraction of sp³-hybridized carbons (Fsp3) is 0.375. The van der Waals surface area contributed by atoms with Gasteiger partial charge in [-0.15, -0.1) is 0 Å². The second kappa shape index (κ2) is 12.5. The molecule has 2 saturated heterocycles. The van der Waals surface area contributed by atoms with Gasteiger partial charge in [0.25, 0.3) is 0 Å². The molecule has 2 aliphatic rings. The molecule has 2 aromatic carbocycles. The van der Waals surface area contributed by atoms with Crippen molar-refractivity contribution >= 4 is 28.8 Å². The zero-order valence-electron chi connectivity index (χ0n) is 23.5. The van der Waals surface area contributed by atoms with Gasteiger partial charge in [-0.25, -0.2) is 19.2 Å². The molecule has 6 rings (SSSR count). The number of nitrogens with zero attached hydrogens (tertiary/aromatic N) is 5. The number of hydrogen-bond acceptors (Lipinski definition) is 8. The lowest BCUT2D eigenvalue weighted by atomic mass is 9.93. The van der Waals surface area contributed by atoms with E-state index in [9.17, 15) is 9.18 Å². The number of likely N-dealkylation sites (tertiary alicyclic amines) is 1. The van der Waals surface area contributed by atoms with Gasteiger partial charge in [0.2, 0.25) is 5.88 Å². The Bertz CT molecular complexity index is 1640. The summed E-state index contributed by atoms with van der Waals surface area (Å²) in [6.07, 6.45) is 3.13. The molecule has 1 atom stereocenters. The Morgan fingerprint density at radius 2 is 1.95 bits per heavy atom. The van der Waals surface area contributed by atoms with Crippen LogP contribution < -0.4 is 4.74 Å². The van der Waals surface area contributed by atoms with E-state index >= 15 is 0 Å². The molecule has 0 amide bonds.